The molecule has 14 heavy (non-hydrogen) atoms. The van der Waals surface area contributed by atoms with Gasteiger partial charge in [-0.15, -0.1) is 3.63 Å². The van der Waals surface area contributed by atoms with Crippen molar-refractivity contribution in [2.75, 3.05) is 17.8 Å². The molecule has 0 fully saturated rings. The van der Waals surface area contributed by atoms with Crippen LogP contribution in [0.1, 0.15) is 0 Å². The van der Waals surface area contributed by atoms with Gasteiger partial charge in [-0.05, 0) is 0 Å². The quantitative estimate of drug-likeness (QED) is 0.576. The third-order valence-electron chi connectivity index (χ3n) is 0.819. The largest absolute Gasteiger partial charge is 0.286 e. The Morgan fingerprint density at radius 3 is 1.71 bits per heavy atom. The molecule has 0 atom stereocenters. The topological polar surface area (TPSA) is 132 Å². The van der Waals surface area contributed by atoms with Gasteiger partial charge in [0.1, 0.15) is 0 Å². The maximum Gasteiger partial charge on any atom is 0.282 e. The van der Waals surface area contributed by atoms with Crippen LogP contribution in [-0.4, -0.2) is 47.6 Å². The molecule has 0 amide bonds. The summed E-state index contributed by atoms with van der Waals surface area (Å²) in [4.78, 5) is 0. The summed E-state index contributed by atoms with van der Waals surface area (Å²) in [6.07, 6.45) is 0.498. The van der Waals surface area contributed by atoms with Crippen molar-refractivity contribution in [3.63, 3.8) is 0 Å². The molecule has 8 nitrogen and oxygen atoms in total. The van der Waals surface area contributed by atoms with Crippen molar-refractivity contribution in [2.45, 2.75) is 0 Å². The second-order valence-corrected chi connectivity index (χ2v) is 7.37. The van der Waals surface area contributed by atoms with Crippen molar-refractivity contribution in [3.05, 3.63) is 0 Å². The van der Waals surface area contributed by atoms with Crippen LogP contribution in [0.25, 0.3) is 0 Å². The van der Waals surface area contributed by atoms with E-state index < -0.39 is 41.9 Å². The van der Waals surface area contributed by atoms with E-state index in [1.165, 1.54) is 0 Å². The van der Waals surface area contributed by atoms with Crippen LogP contribution in [0.15, 0.2) is 0 Å². The first-order valence-electron chi connectivity index (χ1n) is 3.00. The summed E-state index contributed by atoms with van der Waals surface area (Å²) in [7, 11) is -13.2. The smallest absolute Gasteiger partial charge is 0.282 e. The molecule has 0 radical (unpaired) electrons. The minimum atomic E-state index is -4.50. The van der Waals surface area contributed by atoms with E-state index in [2.05, 4.69) is 3.63 Å². The minimum absolute atomic E-state index is 0.498. The number of hydrogen-bond acceptors (Lipinski definition) is 7. The first-order chi connectivity index (χ1) is 5.91. The zero-order chi connectivity index (χ0) is 11.6. The second-order valence-electron chi connectivity index (χ2n) is 2.32. The molecular formula is C3H8O8S3. The molecule has 86 valence electrons. The van der Waals surface area contributed by atoms with Crippen LogP contribution in [0.2, 0.25) is 0 Å². The maximum atomic E-state index is 10.7. The van der Waals surface area contributed by atoms with Gasteiger partial charge in [-0.1, -0.05) is 0 Å². The predicted molar refractivity (Wildman–Crippen MR) is 46.1 cm³/mol. The van der Waals surface area contributed by atoms with E-state index in [4.69, 9.17) is 4.55 Å². The van der Waals surface area contributed by atoms with Crippen LogP contribution in [-0.2, 0) is 34.0 Å². The lowest BCUT2D eigenvalue weighted by atomic mass is 11.0. The molecule has 0 saturated carbocycles. The van der Waals surface area contributed by atoms with Crippen LogP contribution in [0, 0.1) is 0 Å². The summed E-state index contributed by atoms with van der Waals surface area (Å²) in [6.45, 7) is 0. The van der Waals surface area contributed by atoms with E-state index >= 15 is 0 Å². The van der Waals surface area contributed by atoms with Gasteiger partial charge in [0.15, 0.2) is 0 Å². The Hall–Kier alpha value is -0.230. The van der Waals surface area contributed by atoms with Crippen LogP contribution in [0.5, 0.6) is 0 Å². The van der Waals surface area contributed by atoms with E-state index in [1.807, 2.05) is 0 Å². The lowest BCUT2D eigenvalue weighted by Gasteiger charge is -2.00. The highest BCUT2D eigenvalue weighted by molar-refractivity contribution is 8.00. The Morgan fingerprint density at radius 1 is 1.00 bits per heavy atom. The molecular weight excluding hydrogens is 260 g/mol. The Kier molecular flexibility index (Phi) is 4.03. The van der Waals surface area contributed by atoms with Crippen LogP contribution < -0.4 is 0 Å². The zero-order valence-corrected chi connectivity index (χ0v) is 9.39. The summed E-state index contributed by atoms with van der Waals surface area (Å²) in [5.74, 6) is -2.25. The third-order valence-corrected chi connectivity index (χ3v) is 4.32. The Labute approximate surface area is 81.9 Å². The summed E-state index contributed by atoms with van der Waals surface area (Å²) in [6, 6.07) is 0. The van der Waals surface area contributed by atoms with Crippen LogP contribution in [0.3, 0.4) is 0 Å². The van der Waals surface area contributed by atoms with Gasteiger partial charge in [-0.3, -0.25) is 4.55 Å². The van der Waals surface area contributed by atoms with Gasteiger partial charge >= 0.3 is 0 Å². The van der Waals surface area contributed by atoms with Crippen molar-refractivity contribution in [3.8, 4) is 0 Å². The molecule has 0 unspecified atom stereocenters. The minimum Gasteiger partial charge on any atom is -0.286 e. The molecule has 1 N–H and O–H groups in total. The first kappa shape index (κ1) is 13.8. The van der Waals surface area contributed by atoms with Gasteiger partial charge in [0.25, 0.3) is 30.4 Å². The lowest BCUT2D eigenvalue weighted by molar-refractivity contribution is 0.461. The van der Waals surface area contributed by atoms with E-state index in [0.717, 1.165) is 0 Å². The average molecular weight is 268 g/mol. The highest BCUT2D eigenvalue weighted by Gasteiger charge is 2.21. The molecule has 0 aromatic heterocycles. The zero-order valence-electron chi connectivity index (χ0n) is 6.94. The molecule has 0 saturated heterocycles. The first-order valence-corrected chi connectivity index (χ1v) is 8.00. The van der Waals surface area contributed by atoms with Crippen LogP contribution >= 0.6 is 0 Å². The van der Waals surface area contributed by atoms with E-state index in [0.29, 0.717) is 6.26 Å². The third kappa shape index (κ3) is 8.37. The van der Waals surface area contributed by atoms with E-state index in [1.54, 1.807) is 0 Å². The number of rotatable bonds is 5. The average Bonchev–Trinajstić information content (AvgIpc) is 1.76. The van der Waals surface area contributed by atoms with Crippen LogP contribution in [0.4, 0.5) is 0 Å². The monoisotopic (exact) mass is 268 g/mol. The van der Waals surface area contributed by atoms with Gasteiger partial charge in [0.2, 0.25) is 0 Å². The fourth-order valence-electron chi connectivity index (χ4n) is 0.430. The highest BCUT2D eigenvalue weighted by Crippen LogP contribution is 2.00. The van der Waals surface area contributed by atoms with Gasteiger partial charge in [0, 0.05) is 0 Å². The molecule has 0 bridgehead atoms. The summed E-state index contributed by atoms with van der Waals surface area (Å²) in [5.41, 5.74) is 0. The lowest BCUT2D eigenvalue weighted by Crippen LogP contribution is -2.21. The van der Waals surface area contributed by atoms with Crippen molar-refractivity contribution in [2.24, 2.45) is 0 Å². The van der Waals surface area contributed by atoms with E-state index in [-0.39, 0.29) is 0 Å². The molecule has 11 heteroatoms. The summed E-state index contributed by atoms with van der Waals surface area (Å²) >= 11 is 0. The molecule has 0 aromatic rings. The normalized spacial score (nSPS) is 14.1. The summed E-state index contributed by atoms with van der Waals surface area (Å²) in [5, 5.41) is 0. The fourth-order valence-corrected chi connectivity index (χ4v) is 3.87. The Bertz CT molecular complexity index is 478. The van der Waals surface area contributed by atoms with Gasteiger partial charge in [0.05, 0.1) is 17.8 Å². The molecule has 0 aliphatic heterocycles. The number of hydrogen-bond donors (Lipinski definition) is 1. The fraction of sp³-hybridized carbons (Fsp3) is 1.00. The Morgan fingerprint density at radius 2 is 1.43 bits per heavy atom. The molecule has 0 heterocycles. The second kappa shape index (κ2) is 4.10. The molecule has 0 aliphatic rings. The molecule has 0 aliphatic carbocycles. The maximum absolute atomic E-state index is 10.7. The molecule has 0 rings (SSSR count). The van der Waals surface area contributed by atoms with Gasteiger partial charge in [-0.2, -0.15) is 25.3 Å². The standard InChI is InChI=1S/C3H8O8S3/c1-12(4,5)11-14(9,10)3-2-13(6,7)8/h2-3H2,1H3,(H,6,7,8). The van der Waals surface area contributed by atoms with Crippen molar-refractivity contribution < 1.29 is 33.4 Å². The molecule has 0 aromatic carbocycles. The summed E-state index contributed by atoms with van der Waals surface area (Å²) < 4.78 is 74.2. The van der Waals surface area contributed by atoms with E-state index in [9.17, 15) is 25.3 Å². The SMILES string of the molecule is CS(=O)(=O)OS(=O)(=O)CCS(=O)(=O)O. The van der Waals surface area contributed by atoms with Crippen molar-refractivity contribution in [1.82, 2.24) is 0 Å². The van der Waals surface area contributed by atoms with Gasteiger partial charge in [-0.25, -0.2) is 0 Å². The predicted octanol–water partition coefficient (Wildman–Crippen LogP) is -1.82. The highest BCUT2D eigenvalue weighted by atomic mass is 32.3. The van der Waals surface area contributed by atoms with Crippen molar-refractivity contribution in [1.29, 1.82) is 0 Å². The van der Waals surface area contributed by atoms with Gasteiger partial charge < -0.3 is 0 Å². The molecule has 0 spiro atoms. The Balaban J connectivity index is 4.55. The van der Waals surface area contributed by atoms with Crippen molar-refractivity contribution >= 4 is 30.4 Å².